The van der Waals surface area contributed by atoms with Crippen LogP contribution in [0.2, 0.25) is 18.1 Å². The third kappa shape index (κ3) is 3.66. The summed E-state index contributed by atoms with van der Waals surface area (Å²) in [4.78, 5) is 11.4. The summed E-state index contributed by atoms with van der Waals surface area (Å²) >= 11 is 9.40. The molecule has 0 unspecified atom stereocenters. The highest BCUT2D eigenvalue weighted by atomic mass is 79.9. The van der Waals surface area contributed by atoms with Crippen LogP contribution in [0.4, 0.5) is 0 Å². The van der Waals surface area contributed by atoms with Crippen LogP contribution in [0, 0.1) is 0 Å². The molecular weight excluding hydrogens is 270 g/mol. The maximum atomic E-state index is 11.4. The molecule has 0 aliphatic rings. The molecule has 5 heteroatoms. The number of aromatic nitrogens is 1. The van der Waals surface area contributed by atoms with Crippen LogP contribution in [-0.2, 0) is 6.17 Å². The smallest absolute Gasteiger partial charge is 0.250 e. The van der Waals surface area contributed by atoms with Crippen LogP contribution in [0.3, 0.4) is 0 Å². The summed E-state index contributed by atoms with van der Waals surface area (Å²) in [5.41, 5.74) is 0.00410. The zero-order valence-corrected chi connectivity index (χ0v) is 10.9. The average Bonchev–Trinajstić information content (AvgIpc) is 1.94. The van der Waals surface area contributed by atoms with Gasteiger partial charge in [0.05, 0.1) is 5.02 Å². The van der Waals surface area contributed by atoms with E-state index in [1.165, 1.54) is 6.07 Å². The van der Waals surface area contributed by atoms with Gasteiger partial charge in [-0.1, -0.05) is 24.7 Å². The Morgan fingerprint density at radius 3 is 2.69 bits per heavy atom. The van der Waals surface area contributed by atoms with E-state index in [0.717, 1.165) is 6.17 Å². The van der Waals surface area contributed by atoms with Crippen molar-refractivity contribution >= 4 is 33.6 Å². The fourth-order valence-electron chi connectivity index (χ4n) is 1.03. The van der Waals surface area contributed by atoms with Crippen molar-refractivity contribution in [3.8, 4) is 0 Å². The number of hydrogen-bond acceptors (Lipinski definition) is 1. The van der Waals surface area contributed by atoms with Crippen molar-refractivity contribution in [3.05, 3.63) is 33.7 Å². The predicted molar refractivity (Wildman–Crippen MR) is 62.1 cm³/mol. The van der Waals surface area contributed by atoms with Gasteiger partial charge >= 0.3 is 0 Å². The fraction of sp³-hybridized carbons (Fsp3) is 0.375. The molecule has 2 nitrogen and oxygen atoms in total. The SMILES string of the molecule is C[Si](C)(Br)Cn1cc(Cl)ccc1=O. The van der Waals surface area contributed by atoms with E-state index in [-0.39, 0.29) is 5.56 Å². The Hall–Kier alpha value is -0.0631. The average molecular weight is 281 g/mol. The Morgan fingerprint density at radius 1 is 1.54 bits per heavy atom. The lowest BCUT2D eigenvalue weighted by Gasteiger charge is -2.15. The van der Waals surface area contributed by atoms with Crippen LogP contribution in [-0.4, -0.2) is 11.3 Å². The Bertz CT molecular complexity index is 358. The molecule has 0 N–H and O–H groups in total. The molecule has 1 aromatic heterocycles. The first-order valence-corrected chi connectivity index (χ1v) is 9.78. The monoisotopic (exact) mass is 279 g/mol. The van der Waals surface area contributed by atoms with Gasteiger partial charge in [0.15, 0.2) is 0 Å². The van der Waals surface area contributed by atoms with Gasteiger partial charge in [-0.15, -0.1) is 15.3 Å². The van der Waals surface area contributed by atoms with Gasteiger partial charge in [-0.05, 0) is 6.07 Å². The Morgan fingerprint density at radius 2 is 2.15 bits per heavy atom. The van der Waals surface area contributed by atoms with Crippen molar-refractivity contribution < 1.29 is 0 Å². The minimum atomic E-state index is -1.44. The molecule has 72 valence electrons. The molecule has 0 saturated carbocycles. The van der Waals surface area contributed by atoms with E-state index >= 15 is 0 Å². The number of nitrogens with zero attached hydrogens (tertiary/aromatic N) is 1. The van der Waals surface area contributed by atoms with E-state index in [1.807, 2.05) is 0 Å². The van der Waals surface area contributed by atoms with Crippen molar-refractivity contribution in [2.45, 2.75) is 19.3 Å². The normalized spacial score (nSPS) is 11.7. The van der Waals surface area contributed by atoms with Gasteiger partial charge < -0.3 is 4.57 Å². The van der Waals surface area contributed by atoms with Crippen molar-refractivity contribution in [1.29, 1.82) is 0 Å². The molecule has 1 aromatic rings. The minimum absolute atomic E-state index is 0.00410. The first-order valence-electron chi connectivity index (χ1n) is 3.93. The predicted octanol–water partition coefficient (Wildman–Crippen LogP) is 2.64. The topological polar surface area (TPSA) is 22.0 Å². The molecule has 1 rings (SSSR count). The molecule has 0 amide bonds. The molecule has 0 radical (unpaired) electrons. The molecule has 1 heterocycles. The van der Waals surface area contributed by atoms with Crippen LogP contribution in [0.1, 0.15) is 0 Å². The summed E-state index contributed by atoms with van der Waals surface area (Å²) in [7, 11) is 0. The zero-order valence-electron chi connectivity index (χ0n) is 7.55. The lowest BCUT2D eigenvalue weighted by atomic mass is 10.5. The number of pyridine rings is 1. The largest absolute Gasteiger partial charge is 0.316 e. The van der Waals surface area contributed by atoms with Gasteiger partial charge in [0.1, 0.15) is 6.69 Å². The highest BCUT2D eigenvalue weighted by Gasteiger charge is 2.17. The quantitative estimate of drug-likeness (QED) is 0.603. The van der Waals surface area contributed by atoms with Crippen LogP contribution in [0.15, 0.2) is 23.1 Å². The highest BCUT2D eigenvalue weighted by Crippen LogP contribution is 2.13. The van der Waals surface area contributed by atoms with E-state index in [0.29, 0.717) is 5.02 Å². The maximum absolute atomic E-state index is 11.4. The van der Waals surface area contributed by atoms with Gasteiger partial charge in [-0.25, -0.2) is 0 Å². The van der Waals surface area contributed by atoms with Crippen molar-refractivity contribution in [2.24, 2.45) is 0 Å². The second kappa shape index (κ2) is 3.98. The van der Waals surface area contributed by atoms with Gasteiger partial charge in [0, 0.05) is 18.4 Å². The molecule has 13 heavy (non-hydrogen) atoms. The zero-order chi connectivity index (χ0) is 10.1. The van der Waals surface area contributed by atoms with Crippen LogP contribution in [0.5, 0.6) is 0 Å². The number of hydrogen-bond donors (Lipinski definition) is 0. The summed E-state index contributed by atoms with van der Waals surface area (Å²) in [5, 5.41) is 0.602. The van der Waals surface area contributed by atoms with Gasteiger partial charge in [0.25, 0.3) is 0 Å². The molecule has 0 aliphatic carbocycles. The minimum Gasteiger partial charge on any atom is -0.316 e. The Kier molecular flexibility index (Phi) is 3.37. The molecule has 0 aliphatic heterocycles. The first kappa shape index (κ1) is 11.0. The summed E-state index contributed by atoms with van der Waals surface area (Å²) in [6.45, 7) is 2.84. The van der Waals surface area contributed by atoms with Crippen LogP contribution >= 0.6 is 26.9 Å². The Labute approximate surface area is 91.1 Å². The molecular formula is C8H11BrClNOSi. The molecule has 0 atom stereocenters. The molecule has 0 saturated heterocycles. The third-order valence-electron chi connectivity index (χ3n) is 1.49. The van der Waals surface area contributed by atoms with E-state index in [2.05, 4.69) is 28.4 Å². The van der Waals surface area contributed by atoms with E-state index in [1.54, 1.807) is 16.8 Å². The summed E-state index contributed by atoms with van der Waals surface area (Å²) in [6, 6.07) is 3.11. The lowest BCUT2D eigenvalue weighted by molar-refractivity contribution is 0.815. The molecule has 0 spiro atoms. The third-order valence-corrected chi connectivity index (χ3v) is 3.56. The lowest BCUT2D eigenvalue weighted by Crippen LogP contribution is -2.31. The van der Waals surface area contributed by atoms with Gasteiger partial charge in [-0.3, -0.25) is 4.79 Å². The van der Waals surface area contributed by atoms with Gasteiger partial charge in [-0.2, -0.15) is 0 Å². The standard InChI is InChI=1S/C8H11BrClNOSi/c1-13(2,9)6-11-5-7(10)3-4-8(11)12/h3-5H,6H2,1-2H3. The number of rotatable bonds is 2. The molecule has 0 fully saturated rings. The van der Waals surface area contributed by atoms with E-state index in [4.69, 9.17) is 11.6 Å². The van der Waals surface area contributed by atoms with E-state index in [9.17, 15) is 4.79 Å². The fourth-order valence-corrected chi connectivity index (χ4v) is 3.08. The highest BCUT2D eigenvalue weighted by molar-refractivity contribution is 9.26. The van der Waals surface area contributed by atoms with E-state index < -0.39 is 6.69 Å². The first-order chi connectivity index (χ1) is 5.88. The summed E-state index contributed by atoms with van der Waals surface area (Å²) in [6.07, 6.45) is 2.42. The second-order valence-corrected chi connectivity index (χ2v) is 14.2. The molecule has 0 bridgehead atoms. The van der Waals surface area contributed by atoms with Crippen molar-refractivity contribution in [2.75, 3.05) is 0 Å². The Balaban J connectivity index is 3.01. The maximum Gasteiger partial charge on any atom is 0.250 e. The van der Waals surface area contributed by atoms with Crippen molar-refractivity contribution in [1.82, 2.24) is 4.57 Å². The summed E-state index contributed by atoms with van der Waals surface area (Å²) in [5.74, 6) is 0. The van der Waals surface area contributed by atoms with Crippen LogP contribution < -0.4 is 5.56 Å². The molecule has 0 aromatic carbocycles. The summed E-state index contributed by atoms with van der Waals surface area (Å²) < 4.78 is 1.66. The van der Waals surface area contributed by atoms with Crippen LogP contribution in [0.25, 0.3) is 0 Å². The number of halogens is 2. The van der Waals surface area contributed by atoms with Crippen molar-refractivity contribution in [3.63, 3.8) is 0 Å². The second-order valence-electron chi connectivity index (χ2n) is 3.53. The van der Waals surface area contributed by atoms with Gasteiger partial charge in [0.2, 0.25) is 5.56 Å².